The third-order valence-corrected chi connectivity index (χ3v) is 5.42. The lowest BCUT2D eigenvalue weighted by molar-refractivity contribution is -0.137. The van der Waals surface area contributed by atoms with Crippen molar-refractivity contribution >= 4 is 10.9 Å². The largest absolute Gasteiger partial charge is 0.416 e. The number of aromatic nitrogens is 1. The number of pyridine rings is 1. The number of allylic oxidation sites excluding steroid dienone is 6. The third kappa shape index (κ3) is 7.27. The molecule has 1 heterocycles. The quantitative estimate of drug-likeness (QED) is 0.425. The molecule has 1 N–H and O–H groups in total. The number of rotatable bonds is 8. The number of aromatic amines is 1. The lowest BCUT2D eigenvalue weighted by Gasteiger charge is -2.10. The summed E-state index contributed by atoms with van der Waals surface area (Å²) >= 11 is 0. The van der Waals surface area contributed by atoms with Crippen molar-refractivity contribution in [2.75, 3.05) is 0 Å². The van der Waals surface area contributed by atoms with Crippen molar-refractivity contribution in [2.45, 2.75) is 72.9 Å². The Morgan fingerprint density at radius 1 is 0.968 bits per heavy atom. The topological polar surface area (TPSA) is 32.9 Å². The first-order valence-corrected chi connectivity index (χ1v) is 10.7. The number of alkyl halides is 3. The van der Waals surface area contributed by atoms with Crippen molar-refractivity contribution in [3.63, 3.8) is 0 Å². The maximum atomic E-state index is 12.9. The second-order valence-corrected chi connectivity index (χ2v) is 8.48. The highest BCUT2D eigenvalue weighted by Gasteiger charge is 2.30. The first-order valence-electron chi connectivity index (χ1n) is 10.7. The summed E-state index contributed by atoms with van der Waals surface area (Å²) < 4.78 is 38.8. The molecule has 1 aromatic heterocycles. The summed E-state index contributed by atoms with van der Waals surface area (Å²) in [5, 5.41) is 0.287. The van der Waals surface area contributed by atoms with E-state index in [4.69, 9.17) is 0 Å². The maximum Gasteiger partial charge on any atom is 0.416 e. The van der Waals surface area contributed by atoms with Gasteiger partial charge in [0.15, 0.2) is 5.43 Å². The molecule has 1 aromatic carbocycles. The molecule has 31 heavy (non-hydrogen) atoms. The van der Waals surface area contributed by atoms with Crippen molar-refractivity contribution in [3.05, 3.63) is 80.2 Å². The number of halogens is 3. The maximum absolute atomic E-state index is 12.9. The van der Waals surface area contributed by atoms with Crippen LogP contribution in [0.2, 0.25) is 0 Å². The molecule has 0 bridgehead atoms. The van der Waals surface area contributed by atoms with E-state index in [1.54, 1.807) is 6.92 Å². The molecule has 0 aliphatic heterocycles. The molecular weight excluding hydrogens is 399 g/mol. The van der Waals surface area contributed by atoms with Gasteiger partial charge in [0.2, 0.25) is 0 Å². The van der Waals surface area contributed by atoms with E-state index in [2.05, 4.69) is 37.9 Å². The summed E-state index contributed by atoms with van der Waals surface area (Å²) in [7, 11) is 0. The number of hydrogen-bond donors (Lipinski definition) is 1. The molecule has 5 heteroatoms. The molecule has 2 rings (SSSR count). The predicted octanol–water partition coefficient (Wildman–Crippen LogP) is 7.82. The molecule has 2 aromatic rings. The summed E-state index contributed by atoms with van der Waals surface area (Å²) in [6.07, 6.45) is 6.58. The number of hydrogen-bond acceptors (Lipinski definition) is 1. The van der Waals surface area contributed by atoms with Crippen LogP contribution < -0.4 is 5.43 Å². The van der Waals surface area contributed by atoms with E-state index in [0.717, 1.165) is 37.8 Å². The van der Waals surface area contributed by atoms with Crippen LogP contribution in [0.25, 0.3) is 10.9 Å². The van der Waals surface area contributed by atoms with Crippen LogP contribution in [-0.4, -0.2) is 4.98 Å². The SMILES string of the molecule is CC(C)=CCC/C(C)=C/CC/C(C)=C/Cc1c(C)[nH]c2cc(C(F)(F)F)ccc2c1=O. The molecule has 0 atom stereocenters. The average molecular weight is 432 g/mol. The highest BCUT2D eigenvalue weighted by molar-refractivity contribution is 5.80. The average Bonchev–Trinajstić information content (AvgIpc) is 2.66. The van der Waals surface area contributed by atoms with Gasteiger partial charge in [0.05, 0.1) is 11.1 Å². The van der Waals surface area contributed by atoms with Crippen molar-refractivity contribution in [1.82, 2.24) is 4.98 Å². The van der Waals surface area contributed by atoms with Gasteiger partial charge in [0, 0.05) is 16.6 Å². The number of benzene rings is 1. The Hall–Kier alpha value is -2.56. The van der Waals surface area contributed by atoms with Crippen molar-refractivity contribution in [1.29, 1.82) is 0 Å². The molecule has 0 saturated carbocycles. The van der Waals surface area contributed by atoms with Gasteiger partial charge in [-0.3, -0.25) is 4.79 Å². The second kappa shape index (κ2) is 10.7. The Morgan fingerprint density at radius 3 is 2.19 bits per heavy atom. The molecule has 0 aliphatic carbocycles. The van der Waals surface area contributed by atoms with E-state index in [1.165, 1.54) is 22.8 Å². The molecular formula is C26H32F3NO. The van der Waals surface area contributed by atoms with E-state index in [9.17, 15) is 18.0 Å². The van der Waals surface area contributed by atoms with Crippen LogP contribution in [0.15, 0.2) is 57.9 Å². The van der Waals surface area contributed by atoms with Crippen LogP contribution in [-0.2, 0) is 12.6 Å². The Labute approximate surface area is 182 Å². The summed E-state index contributed by atoms with van der Waals surface area (Å²) in [6, 6.07) is 3.23. The first kappa shape index (κ1) is 24.7. The van der Waals surface area contributed by atoms with Crippen LogP contribution in [0.3, 0.4) is 0 Å². The Kier molecular flexibility index (Phi) is 8.49. The van der Waals surface area contributed by atoms with Crippen LogP contribution in [0.4, 0.5) is 13.2 Å². The van der Waals surface area contributed by atoms with E-state index < -0.39 is 11.7 Å². The van der Waals surface area contributed by atoms with Crippen molar-refractivity contribution in [3.8, 4) is 0 Å². The smallest absolute Gasteiger partial charge is 0.358 e. The Balaban J connectivity index is 2.08. The summed E-state index contributed by atoms with van der Waals surface area (Å²) in [5.74, 6) is 0. The molecule has 168 valence electrons. The second-order valence-electron chi connectivity index (χ2n) is 8.48. The Morgan fingerprint density at radius 2 is 1.58 bits per heavy atom. The Bertz CT molecular complexity index is 1060. The highest BCUT2D eigenvalue weighted by Crippen LogP contribution is 2.30. The summed E-state index contributed by atoms with van der Waals surface area (Å²) in [4.78, 5) is 15.8. The van der Waals surface area contributed by atoms with Gasteiger partial charge in [0.1, 0.15) is 0 Å². The molecule has 0 aliphatic rings. The first-order chi connectivity index (χ1) is 14.5. The number of nitrogens with one attached hydrogen (secondary N) is 1. The molecule has 0 radical (unpaired) electrons. The lowest BCUT2D eigenvalue weighted by Crippen LogP contribution is -2.14. The lowest BCUT2D eigenvalue weighted by atomic mass is 10.0. The minimum Gasteiger partial charge on any atom is -0.358 e. The molecule has 0 amide bonds. The van der Waals surface area contributed by atoms with Crippen molar-refractivity contribution in [2.24, 2.45) is 0 Å². The van der Waals surface area contributed by atoms with Crippen LogP contribution in [0, 0.1) is 6.92 Å². The molecule has 0 unspecified atom stereocenters. The molecule has 0 saturated heterocycles. The third-order valence-electron chi connectivity index (χ3n) is 5.42. The normalized spacial score (nSPS) is 13.0. The minimum absolute atomic E-state index is 0.209. The fourth-order valence-corrected chi connectivity index (χ4v) is 3.49. The number of fused-ring (bicyclic) bond motifs is 1. The fraction of sp³-hybridized carbons (Fsp3) is 0.423. The van der Waals surface area contributed by atoms with Crippen LogP contribution in [0.1, 0.15) is 70.2 Å². The van der Waals surface area contributed by atoms with Gasteiger partial charge in [0.25, 0.3) is 0 Å². The van der Waals surface area contributed by atoms with Gasteiger partial charge in [-0.05, 0) is 84.9 Å². The summed E-state index contributed by atoms with van der Waals surface area (Å²) in [6.45, 7) is 10.1. The zero-order chi connectivity index (χ0) is 23.2. The van der Waals surface area contributed by atoms with Gasteiger partial charge in [-0.25, -0.2) is 0 Å². The number of aryl methyl sites for hydroxylation is 1. The van der Waals surface area contributed by atoms with Crippen molar-refractivity contribution < 1.29 is 13.2 Å². The molecule has 0 fully saturated rings. The minimum atomic E-state index is -4.43. The zero-order valence-corrected chi connectivity index (χ0v) is 19.0. The number of H-pyrrole nitrogens is 1. The van der Waals surface area contributed by atoms with Crippen LogP contribution in [0.5, 0.6) is 0 Å². The van der Waals surface area contributed by atoms with E-state index in [-0.39, 0.29) is 16.3 Å². The van der Waals surface area contributed by atoms with Gasteiger partial charge in [-0.2, -0.15) is 13.2 Å². The molecule has 0 spiro atoms. The monoisotopic (exact) mass is 431 g/mol. The van der Waals surface area contributed by atoms with E-state index >= 15 is 0 Å². The summed E-state index contributed by atoms with van der Waals surface area (Å²) in [5.41, 5.74) is 4.37. The van der Waals surface area contributed by atoms with E-state index in [1.807, 2.05) is 13.0 Å². The zero-order valence-electron chi connectivity index (χ0n) is 19.0. The van der Waals surface area contributed by atoms with Crippen LogP contribution >= 0.6 is 0 Å². The molecule has 2 nitrogen and oxygen atoms in total. The standard InChI is InChI=1S/C26H32F3NO/c1-17(2)8-6-9-18(3)10-7-11-19(4)12-14-22-20(5)30-24-16-21(26(27,28)29)13-15-23(24)25(22)31/h8,10,12-13,15-16H,6-7,9,11,14H2,1-5H3,(H,30,31)/b18-10+,19-12+. The van der Waals surface area contributed by atoms with Gasteiger partial charge in [-0.1, -0.05) is 34.9 Å². The van der Waals surface area contributed by atoms with Gasteiger partial charge in [-0.15, -0.1) is 0 Å². The van der Waals surface area contributed by atoms with E-state index in [0.29, 0.717) is 17.7 Å². The predicted molar refractivity (Wildman–Crippen MR) is 123 cm³/mol. The highest BCUT2D eigenvalue weighted by atomic mass is 19.4. The van der Waals surface area contributed by atoms with Gasteiger partial charge >= 0.3 is 6.18 Å². The fourth-order valence-electron chi connectivity index (χ4n) is 3.49. The van der Waals surface area contributed by atoms with Gasteiger partial charge < -0.3 is 4.98 Å².